The summed E-state index contributed by atoms with van der Waals surface area (Å²) in [7, 11) is 1.56. The summed E-state index contributed by atoms with van der Waals surface area (Å²) in [5.41, 5.74) is 0.759. The first-order valence-electron chi connectivity index (χ1n) is 6.34. The summed E-state index contributed by atoms with van der Waals surface area (Å²) in [5, 5.41) is 9.13. The van der Waals surface area contributed by atoms with Crippen molar-refractivity contribution in [1.29, 1.82) is 0 Å². The summed E-state index contributed by atoms with van der Waals surface area (Å²) in [6.07, 6.45) is 0. The maximum absolute atomic E-state index is 13.5. The summed E-state index contributed by atoms with van der Waals surface area (Å²) < 4.78 is 23.6. The highest BCUT2D eigenvalue weighted by Gasteiger charge is 2.15. The Morgan fingerprint density at radius 2 is 1.90 bits per heavy atom. The fourth-order valence-electron chi connectivity index (χ4n) is 1.86. The monoisotopic (exact) mass is 290 g/mol. The van der Waals surface area contributed by atoms with Crippen molar-refractivity contribution in [3.05, 3.63) is 65.0 Å². The molecule has 5 heteroatoms. The smallest absolute Gasteiger partial charge is 0.338 e. The van der Waals surface area contributed by atoms with Crippen LogP contribution in [-0.2, 0) is 18.0 Å². The zero-order chi connectivity index (χ0) is 15.2. The molecule has 0 aliphatic rings. The molecule has 2 aromatic carbocycles. The number of ether oxygens (including phenoxy) is 2. The van der Waals surface area contributed by atoms with Gasteiger partial charge in [0.05, 0.1) is 19.3 Å². The van der Waals surface area contributed by atoms with Crippen LogP contribution in [0.2, 0.25) is 0 Å². The fraction of sp³-hybridized carbons (Fsp3) is 0.188. The number of hydrogen-bond donors (Lipinski definition) is 1. The summed E-state index contributed by atoms with van der Waals surface area (Å²) >= 11 is 0. The predicted octanol–water partition coefficient (Wildman–Crippen LogP) is 2.68. The number of methoxy groups -OCH3 is 1. The molecule has 0 bridgehead atoms. The van der Waals surface area contributed by atoms with Crippen LogP contribution in [0.1, 0.15) is 21.5 Å². The minimum atomic E-state index is -0.672. The molecule has 0 saturated heterocycles. The van der Waals surface area contributed by atoms with Gasteiger partial charge >= 0.3 is 5.97 Å². The molecule has 2 aromatic rings. The number of benzene rings is 2. The molecule has 4 nitrogen and oxygen atoms in total. The molecule has 0 aliphatic carbocycles. The van der Waals surface area contributed by atoms with Gasteiger partial charge in [-0.2, -0.15) is 0 Å². The largest absolute Gasteiger partial charge is 0.497 e. The van der Waals surface area contributed by atoms with Crippen LogP contribution >= 0.6 is 0 Å². The van der Waals surface area contributed by atoms with Gasteiger partial charge < -0.3 is 14.6 Å². The Kier molecular flexibility index (Phi) is 4.90. The van der Waals surface area contributed by atoms with Gasteiger partial charge in [-0.3, -0.25) is 0 Å². The molecule has 1 N–H and O–H groups in total. The lowest BCUT2D eigenvalue weighted by Crippen LogP contribution is -2.10. The Morgan fingerprint density at radius 3 is 2.52 bits per heavy atom. The Morgan fingerprint density at radius 1 is 1.19 bits per heavy atom. The van der Waals surface area contributed by atoms with Crippen LogP contribution in [0, 0.1) is 5.82 Å². The molecule has 0 unspecified atom stereocenters. The zero-order valence-corrected chi connectivity index (χ0v) is 11.5. The van der Waals surface area contributed by atoms with E-state index < -0.39 is 18.4 Å². The van der Waals surface area contributed by atoms with Gasteiger partial charge in [-0.25, -0.2) is 9.18 Å². The van der Waals surface area contributed by atoms with Crippen LogP contribution in [0.4, 0.5) is 4.39 Å². The lowest BCUT2D eigenvalue weighted by atomic mass is 10.1. The number of aliphatic hydroxyl groups excluding tert-OH is 1. The highest BCUT2D eigenvalue weighted by Crippen LogP contribution is 2.16. The Balaban J connectivity index is 2.06. The molecule has 0 heterocycles. The Hall–Kier alpha value is -2.40. The highest BCUT2D eigenvalue weighted by molar-refractivity contribution is 5.91. The number of hydrogen-bond acceptors (Lipinski definition) is 4. The molecular formula is C16H15FO4. The molecule has 21 heavy (non-hydrogen) atoms. The topological polar surface area (TPSA) is 55.8 Å². The molecule has 0 aromatic heterocycles. The minimum Gasteiger partial charge on any atom is -0.497 e. The van der Waals surface area contributed by atoms with Crippen LogP contribution in [0.15, 0.2) is 42.5 Å². The summed E-state index contributed by atoms with van der Waals surface area (Å²) in [5.74, 6) is -0.594. The van der Waals surface area contributed by atoms with E-state index >= 15 is 0 Å². The van der Waals surface area contributed by atoms with Crippen molar-refractivity contribution in [2.75, 3.05) is 7.11 Å². The van der Waals surface area contributed by atoms with Crippen molar-refractivity contribution < 1.29 is 23.8 Å². The molecule has 2 rings (SSSR count). The SMILES string of the molecule is COc1ccc(COC(=O)c2cccc(F)c2CO)cc1. The number of carbonyl (C=O) groups excluding carboxylic acids is 1. The third-order valence-corrected chi connectivity index (χ3v) is 3.03. The van der Waals surface area contributed by atoms with Gasteiger partial charge in [-0.1, -0.05) is 18.2 Å². The van der Waals surface area contributed by atoms with E-state index in [1.54, 1.807) is 31.4 Å². The van der Waals surface area contributed by atoms with Crippen LogP contribution in [-0.4, -0.2) is 18.2 Å². The number of esters is 1. The maximum Gasteiger partial charge on any atom is 0.338 e. The van der Waals surface area contributed by atoms with Crippen LogP contribution < -0.4 is 4.74 Å². The van der Waals surface area contributed by atoms with Crippen molar-refractivity contribution in [3.8, 4) is 5.75 Å². The van der Waals surface area contributed by atoms with E-state index in [1.807, 2.05) is 0 Å². The Labute approximate surface area is 121 Å². The standard InChI is InChI=1S/C16H15FO4/c1-20-12-7-5-11(6-8-12)10-21-16(19)13-3-2-4-15(17)14(13)9-18/h2-8,18H,9-10H2,1H3. The molecular weight excluding hydrogens is 275 g/mol. The van der Waals surface area contributed by atoms with E-state index in [-0.39, 0.29) is 17.7 Å². The van der Waals surface area contributed by atoms with Crippen molar-refractivity contribution in [2.45, 2.75) is 13.2 Å². The lowest BCUT2D eigenvalue weighted by molar-refractivity contribution is 0.0468. The van der Waals surface area contributed by atoms with Gasteiger partial charge in [-0.15, -0.1) is 0 Å². The van der Waals surface area contributed by atoms with Gasteiger partial charge in [0.15, 0.2) is 0 Å². The average Bonchev–Trinajstić information content (AvgIpc) is 2.52. The third-order valence-electron chi connectivity index (χ3n) is 3.03. The number of aliphatic hydroxyl groups is 1. The molecule has 0 amide bonds. The van der Waals surface area contributed by atoms with E-state index in [2.05, 4.69) is 0 Å². The van der Waals surface area contributed by atoms with Crippen LogP contribution in [0.3, 0.4) is 0 Å². The third kappa shape index (κ3) is 3.58. The number of carbonyl (C=O) groups is 1. The van der Waals surface area contributed by atoms with Gasteiger partial charge in [0, 0.05) is 5.56 Å². The summed E-state index contributed by atoms with van der Waals surface area (Å²) in [6.45, 7) is -0.496. The van der Waals surface area contributed by atoms with E-state index in [4.69, 9.17) is 14.6 Å². The molecule has 0 aliphatic heterocycles. The molecule has 0 spiro atoms. The van der Waals surface area contributed by atoms with E-state index in [1.165, 1.54) is 18.2 Å². The van der Waals surface area contributed by atoms with Crippen LogP contribution in [0.5, 0.6) is 5.75 Å². The number of rotatable bonds is 5. The summed E-state index contributed by atoms with van der Waals surface area (Å²) in [6, 6.07) is 11.1. The van der Waals surface area contributed by atoms with Crippen LogP contribution in [0.25, 0.3) is 0 Å². The first kappa shape index (κ1) is 15.0. The van der Waals surface area contributed by atoms with E-state index in [0.29, 0.717) is 5.75 Å². The predicted molar refractivity (Wildman–Crippen MR) is 74.4 cm³/mol. The van der Waals surface area contributed by atoms with Crippen molar-refractivity contribution >= 4 is 5.97 Å². The molecule has 110 valence electrons. The maximum atomic E-state index is 13.5. The van der Waals surface area contributed by atoms with E-state index in [0.717, 1.165) is 5.56 Å². The normalized spacial score (nSPS) is 10.2. The van der Waals surface area contributed by atoms with Gasteiger partial charge in [0.25, 0.3) is 0 Å². The molecule has 0 saturated carbocycles. The quantitative estimate of drug-likeness (QED) is 0.860. The van der Waals surface area contributed by atoms with Gasteiger partial charge in [0.2, 0.25) is 0 Å². The van der Waals surface area contributed by atoms with Gasteiger partial charge in [-0.05, 0) is 29.8 Å². The number of halogens is 1. The van der Waals surface area contributed by atoms with Gasteiger partial charge in [0.1, 0.15) is 18.2 Å². The van der Waals surface area contributed by atoms with Crippen molar-refractivity contribution in [2.24, 2.45) is 0 Å². The minimum absolute atomic E-state index is 0.0333. The molecule has 0 fully saturated rings. The fourth-order valence-corrected chi connectivity index (χ4v) is 1.86. The first-order chi connectivity index (χ1) is 10.2. The second-order valence-corrected chi connectivity index (χ2v) is 4.35. The highest BCUT2D eigenvalue weighted by atomic mass is 19.1. The molecule has 0 atom stereocenters. The van der Waals surface area contributed by atoms with Crippen molar-refractivity contribution in [3.63, 3.8) is 0 Å². The van der Waals surface area contributed by atoms with E-state index in [9.17, 15) is 9.18 Å². The average molecular weight is 290 g/mol. The zero-order valence-electron chi connectivity index (χ0n) is 11.5. The second-order valence-electron chi connectivity index (χ2n) is 4.35. The van der Waals surface area contributed by atoms with Crippen molar-refractivity contribution in [1.82, 2.24) is 0 Å². The first-order valence-corrected chi connectivity index (χ1v) is 6.34. The molecule has 0 radical (unpaired) electrons. The second kappa shape index (κ2) is 6.85. The lowest BCUT2D eigenvalue weighted by Gasteiger charge is -2.09. The summed E-state index contributed by atoms with van der Waals surface area (Å²) in [4.78, 5) is 11.9. The Bertz CT molecular complexity index is 623.